The number of hydrogen-bond acceptors (Lipinski definition) is 4. The number of allylic oxidation sites excluding steroid dienone is 1. The number of rotatable bonds is 6. The van der Waals surface area contributed by atoms with Crippen LogP contribution in [-0.4, -0.2) is 44.5 Å². The van der Waals surface area contributed by atoms with Gasteiger partial charge in [0, 0.05) is 33.5 Å². The van der Waals surface area contributed by atoms with Crippen LogP contribution in [0.5, 0.6) is 0 Å². The maximum atomic E-state index is 12.8. The molecule has 0 aliphatic heterocycles. The summed E-state index contributed by atoms with van der Waals surface area (Å²) in [5.41, 5.74) is 3.07. The minimum absolute atomic E-state index is 0.0234. The molecular formula is C20H27IN2O3S. The van der Waals surface area contributed by atoms with Crippen molar-refractivity contribution in [2.45, 2.75) is 57.2 Å². The largest absolute Gasteiger partial charge is 0.349 e. The Balaban J connectivity index is 1.52. The first-order chi connectivity index (χ1) is 12.7. The average Bonchev–Trinajstić information content (AvgIpc) is 3.02. The second-order valence-electron chi connectivity index (χ2n) is 7.81. The van der Waals surface area contributed by atoms with Gasteiger partial charge in [-0.15, -0.1) is 0 Å². The molecular weight excluding hydrogens is 475 g/mol. The summed E-state index contributed by atoms with van der Waals surface area (Å²) in [7, 11) is -2.97. The van der Waals surface area contributed by atoms with Crippen molar-refractivity contribution in [1.29, 1.82) is 0 Å². The summed E-state index contributed by atoms with van der Waals surface area (Å²) in [4.78, 5) is 12.8. The van der Waals surface area contributed by atoms with Gasteiger partial charge in [-0.1, -0.05) is 12.2 Å². The maximum absolute atomic E-state index is 12.8. The van der Waals surface area contributed by atoms with Crippen LogP contribution in [0.25, 0.3) is 6.08 Å². The molecule has 1 saturated carbocycles. The van der Waals surface area contributed by atoms with Gasteiger partial charge in [-0.3, -0.25) is 4.79 Å². The molecule has 2 aliphatic carbocycles. The second kappa shape index (κ2) is 8.61. The fourth-order valence-corrected chi connectivity index (χ4v) is 5.76. The molecule has 5 nitrogen and oxygen atoms in total. The van der Waals surface area contributed by atoms with Gasteiger partial charge in [0.15, 0.2) is 0 Å². The van der Waals surface area contributed by atoms with Gasteiger partial charge in [-0.25, -0.2) is 8.42 Å². The maximum Gasteiger partial charge on any atom is 0.251 e. The van der Waals surface area contributed by atoms with Crippen molar-refractivity contribution in [3.8, 4) is 0 Å². The molecule has 1 fully saturated rings. The Hall–Kier alpha value is -0.930. The van der Waals surface area contributed by atoms with Crippen LogP contribution in [0.15, 0.2) is 18.2 Å². The van der Waals surface area contributed by atoms with Crippen molar-refractivity contribution in [3.63, 3.8) is 0 Å². The predicted octanol–water partition coefficient (Wildman–Crippen LogP) is 2.92. The van der Waals surface area contributed by atoms with Crippen LogP contribution in [0.2, 0.25) is 0 Å². The van der Waals surface area contributed by atoms with Crippen LogP contribution in [0, 0.1) is 3.57 Å². The molecule has 0 bridgehead atoms. The molecule has 0 aromatic heterocycles. The molecule has 0 unspecified atom stereocenters. The third kappa shape index (κ3) is 5.77. The Labute approximate surface area is 175 Å². The Bertz CT molecular complexity index is 843. The SMILES string of the molecule is C[C@H](CS(C)(=O)=O)NC1CCC(NC(=O)c2cc(I)cc3c2CC=C3)CC1. The van der Waals surface area contributed by atoms with Crippen molar-refractivity contribution >= 4 is 44.4 Å². The predicted molar refractivity (Wildman–Crippen MR) is 118 cm³/mol. The molecule has 27 heavy (non-hydrogen) atoms. The number of hydrogen-bond donors (Lipinski definition) is 2. The van der Waals surface area contributed by atoms with Crippen LogP contribution in [-0.2, 0) is 16.3 Å². The molecule has 2 aliphatic rings. The van der Waals surface area contributed by atoms with Gasteiger partial charge in [0.2, 0.25) is 0 Å². The van der Waals surface area contributed by atoms with Gasteiger partial charge in [0.25, 0.3) is 5.91 Å². The van der Waals surface area contributed by atoms with Gasteiger partial charge in [0.05, 0.1) is 5.75 Å². The topological polar surface area (TPSA) is 75.3 Å². The number of halogens is 1. The first-order valence-corrected chi connectivity index (χ1v) is 12.6. The van der Waals surface area contributed by atoms with E-state index in [9.17, 15) is 13.2 Å². The minimum Gasteiger partial charge on any atom is -0.349 e. The second-order valence-corrected chi connectivity index (χ2v) is 11.2. The van der Waals surface area contributed by atoms with Crippen molar-refractivity contribution in [1.82, 2.24) is 10.6 Å². The Morgan fingerprint density at radius 3 is 2.56 bits per heavy atom. The third-order valence-corrected chi connectivity index (χ3v) is 6.98. The van der Waals surface area contributed by atoms with E-state index in [1.54, 1.807) is 0 Å². The van der Waals surface area contributed by atoms with Crippen LogP contribution >= 0.6 is 22.6 Å². The zero-order valence-corrected chi connectivity index (χ0v) is 18.8. The molecule has 0 spiro atoms. The van der Waals surface area contributed by atoms with Gasteiger partial charge >= 0.3 is 0 Å². The van der Waals surface area contributed by atoms with E-state index in [2.05, 4.69) is 51.4 Å². The fourth-order valence-electron chi connectivity index (χ4n) is 4.11. The molecule has 1 atom stereocenters. The lowest BCUT2D eigenvalue weighted by molar-refractivity contribution is 0.0923. The molecule has 2 N–H and O–H groups in total. The van der Waals surface area contributed by atoms with Gasteiger partial charge < -0.3 is 10.6 Å². The van der Waals surface area contributed by atoms with Crippen LogP contribution in [0.4, 0.5) is 0 Å². The molecule has 3 rings (SSSR count). The zero-order valence-electron chi connectivity index (χ0n) is 15.8. The number of sulfone groups is 1. The number of nitrogens with one attached hydrogen (secondary N) is 2. The van der Waals surface area contributed by atoms with E-state index in [-0.39, 0.29) is 23.7 Å². The number of carbonyl (C=O) groups is 1. The first-order valence-electron chi connectivity index (χ1n) is 9.45. The highest BCUT2D eigenvalue weighted by molar-refractivity contribution is 14.1. The van der Waals surface area contributed by atoms with Crippen molar-refractivity contribution < 1.29 is 13.2 Å². The molecule has 1 amide bonds. The quantitative estimate of drug-likeness (QED) is 0.587. The first kappa shape index (κ1) is 20.8. The molecule has 148 valence electrons. The molecule has 7 heteroatoms. The average molecular weight is 502 g/mol. The number of amides is 1. The number of benzene rings is 1. The highest BCUT2D eigenvalue weighted by Gasteiger charge is 2.25. The summed E-state index contributed by atoms with van der Waals surface area (Å²) in [5, 5.41) is 6.63. The van der Waals surface area contributed by atoms with E-state index in [1.165, 1.54) is 6.26 Å². The summed E-state index contributed by atoms with van der Waals surface area (Å²) in [6.45, 7) is 1.92. The van der Waals surface area contributed by atoms with Crippen LogP contribution in [0.3, 0.4) is 0 Å². The normalized spacial score (nSPS) is 23.1. The lowest BCUT2D eigenvalue weighted by Gasteiger charge is -2.31. The highest BCUT2D eigenvalue weighted by atomic mass is 127. The Morgan fingerprint density at radius 1 is 1.22 bits per heavy atom. The molecule has 0 radical (unpaired) electrons. The van der Waals surface area contributed by atoms with Gasteiger partial charge in [-0.05, 0) is 84.9 Å². The lowest BCUT2D eigenvalue weighted by Crippen LogP contribution is -2.46. The molecule has 0 heterocycles. The summed E-state index contributed by atoms with van der Waals surface area (Å²) >= 11 is 2.26. The van der Waals surface area contributed by atoms with E-state index >= 15 is 0 Å². The number of fused-ring (bicyclic) bond motifs is 1. The van der Waals surface area contributed by atoms with Crippen LogP contribution in [0.1, 0.15) is 54.1 Å². The van der Waals surface area contributed by atoms with E-state index < -0.39 is 9.84 Å². The summed E-state index contributed by atoms with van der Waals surface area (Å²) in [5.74, 6) is 0.186. The summed E-state index contributed by atoms with van der Waals surface area (Å²) in [6.07, 6.45) is 10.0. The zero-order chi connectivity index (χ0) is 19.6. The summed E-state index contributed by atoms with van der Waals surface area (Å²) in [6, 6.07) is 4.55. The fraction of sp³-hybridized carbons (Fsp3) is 0.550. The Kier molecular flexibility index (Phi) is 6.63. The van der Waals surface area contributed by atoms with Crippen molar-refractivity contribution in [3.05, 3.63) is 38.5 Å². The van der Waals surface area contributed by atoms with Crippen LogP contribution < -0.4 is 10.6 Å². The Morgan fingerprint density at radius 2 is 1.89 bits per heavy atom. The van der Waals surface area contributed by atoms with Crippen molar-refractivity contribution in [2.24, 2.45) is 0 Å². The molecule has 0 saturated heterocycles. The van der Waals surface area contributed by atoms with E-state index in [0.717, 1.165) is 52.4 Å². The van der Waals surface area contributed by atoms with E-state index in [1.807, 2.05) is 13.0 Å². The van der Waals surface area contributed by atoms with Crippen molar-refractivity contribution in [2.75, 3.05) is 12.0 Å². The highest BCUT2D eigenvalue weighted by Crippen LogP contribution is 2.27. The monoisotopic (exact) mass is 502 g/mol. The smallest absolute Gasteiger partial charge is 0.251 e. The van der Waals surface area contributed by atoms with Gasteiger partial charge in [-0.2, -0.15) is 0 Å². The third-order valence-electron chi connectivity index (χ3n) is 5.25. The lowest BCUT2D eigenvalue weighted by atomic mass is 9.90. The van der Waals surface area contributed by atoms with Gasteiger partial charge in [0.1, 0.15) is 9.84 Å². The van der Waals surface area contributed by atoms with E-state index in [0.29, 0.717) is 6.04 Å². The minimum atomic E-state index is -2.97. The molecule has 1 aromatic carbocycles. The number of carbonyl (C=O) groups excluding carboxylic acids is 1. The summed E-state index contributed by atoms with van der Waals surface area (Å²) < 4.78 is 23.9. The molecule has 1 aromatic rings. The van der Waals surface area contributed by atoms with E-state index in [4.69, 9.17) is 0 Å². The standard InChI is InChI=1S/C20H27IN2O3S/c1-13(12-27(2,25)26)22-16-6-8-17(9-7-16)23-20(24)19-11-15(21)10-14-4-3-5-18(14)19/h3-4,10-11,13,16-17,22H,5-9,12H2,1-2H3,(H,23,24)/t13-,16?,17?/m1/s1.